The first-order chi connectivity index (χ1) is 11.0. The van der Waals surface area contributed by atoms with Crippen LogP contribution in [-0.4, -0.2) is 78.3 Å². The van der Waals surface area contributed by atoms with Crippen LogP contribution in [0.2, 0.25) is 0 Å². The van der Waals surface area contributed by atoms with Gasteiger partial charge in [0.25, 0.3) is 0 Å². The van der Waals surface area contributed by atoms with Crippen LogP contribution in [0.15, 0.2) is 10.6 Å². The lowest BCUT2D eigenvalue weighted by molar-refractivity contribution is -0.160. The minimum atomic E-state index is -4.97. The highest BCUT2D eigenvalue weighted by Gasteiger charge is 2.57. The molecule has 1 saturated heterocycles. The van der Waals surface area contributed by atoms with Crippen LogP contribution < -0.4 is 0 Å². The number of aliphatic hydroxyl groups is 1. The van der Waals surface area contributed by atoms with E-state index >= 15 is 0 Å². The number of thioether (sulfide) groups is 1. The number of rotatable bonds is 7. The van der Waals surface area contributed by atoms with Crippen LogP contribution in [0, 0.1) is 5.92 Å². The molecule has 9 nitrogen and oxygen atoms in total. The molecule has 0 aromatic rings. The zero-order valence-corrected chi connectivity index (χ0v) is 15.1. The molecule has 2 aliphatic rings. The fourth-order valence-corrected chi connectivity index (χ4v) is 4.42. The number of fused-ring (bicyclic) bond motifs is 1. The Morgan fingerprint density at radius 2 is 2.12 bits per heavy atom. The quantitative estimate of drug-likeness (QED) is 0.442. The average Bonchev–Trinajstić information content (AvgIpc) is 2.70. The third-order valence-corrected chi connectivity index (χ3v) is 5.33. The van der Waals surface area contributed by atoms with Gasteiger partial charge in [-0.3, -0.25) is 9.35 Å². The van der Waals surface area contributed by atoms with Crippen LogP contribution in [0.1, 0.15) is 13.3 Å². The molecule has 2 heterocycles. The third kappa shape index (κ3) is 3.91. The number of aliphatic hydroxyl groups excluding tert-OH is 1. The Bertz CT molecular complexity index is 672. The Balaban J connectivity index is 2.23. The average molecular weight is 380 g/mol. The van der Waals surface area contributed by atoms with Gasteiger partial charge < -0.3 is 19.1 Å². The fourth-order valence-electron chi connectivity index (χ4n) is 2.84. The predicted molar refractivity (Wildman–Crippen MR) is 86.1 cm³/mol. The molecule has 0 unspecified atom stereocenters. The van der Waals surface area contributed by atoms with E-state index in [2.05, 4.69) is 4.18 Å². The normalized spacial score (nSPS) is 24.9. The number of carbonyl (C=O) groups excluding carboxylic acids is 2. The lowest BCUT2D eigenvalue weighted by atomic mass is 9.83. The molecular weight excluding hydrogens is 360 g/mol. The van der Waals surface area contributed by atoms with Crippen molar-refractivity contribution in [1.29, 1.82) is 0 Å². The smallest absolute Gasteiger partial charge is 0.393 e. The first-order valence-corrected chi connectivity index (χ1v) is 9.61. The van der Waals surface area contributed by atoms with Crippen molar-refractivity contribution in [2.24, 2.45) is 5.92 Å². The molecule has 0 saturated carbocycles. The van der Waals surface area contributed by atoms with Gasteiger partial charge >= 0.3 is 16.4 Å². The topological polar surface area (TPSA) is 124 Å². The molecule has 0 aromatic heterocycles. The molecule has 1 fully saturated rings. The van der Waals surface area contributed by atoms with E-state index in [-0.39, 0.29) is 5.70 Å². The summed E-state index contributed by atoms with van der Waals surface area (Å²) in [4.78, 5) is 27.9. The van der Waals surface area contributed by atoms with Gasteiger partial charge in [0, 0.05) is 23.6 Å². The molecule has 0 aliphatic carbocycles. The Labute approximate surface area is 144 Å². The van der Waals surface area contributed by atoms with Crippen LogP contribution in [0.5, 0.6) is 0 Å². The van der Waals surface area contributed by atoms with Gasteiger partial charge in [0.2, 0.25) is 5.91 Å². The summed E-state index contributed by atoms with van der Waals surface area (Å²) >= 11 is 1.32. The summed E-state index contributed by atoms with van der Waals surface area (Å²) in [5, 5.41) is 9.70. The lowest BCUT2D eigenvalue weighted by Crippen LogP contribution is -2.61. The molecule has 11 heteroatoms. The minimum Gasteiger partial charge on any atom is -0.393 e. The molecule has 3 atom stereocenters. The Kier molecular flexibility index (Phi) is 5.60. The van der Waals surface area contributed by atoms with E-state index in [9.17, 15) is 23.1 Å². The molecule has 136 valence electrons. The Morgan fingerprint density at radius 3 is 2.62 bits per heavy atom. The molecule has 2 aliphatic heterocycles. The summed E-state index contributed by atoms with van der Waals surface area (Å²) in [6.45, 7) is 2.21. The van der Waals surface area contributed by atoms with E-state index in [0.717, 1.165) is 4.90 Å². The second-order valence-electron chi connectivity index (χ2n) is 5.97. The standard InChI is InChI=1S/C13H20N2O7S2/c1-7(16)10-8-6-9(23-5-4-14(2)3)11(15(8)12(10)17)13(18)22-24(19,20)21/h7-8,10,16H,4-6H2,1-3H3,(H,19,20,21)/t7-,8-,10-/m1/s1. The van der Waals surface area contributed by atoms with Crippen molar-refractivity contribution >= 4 is 34.0 Å². The molecule has 0 bridgehead atoms. The summed E-state index contributed by atoms with van der Waals surface area (Å²) < 4.78 is 34.3. The van der Waals surface area contributed by atoms with Gasteiger partial charge in [-0.2, -0.15) is 8.42 Å². The summed E-state index contributed by atoms with van der Waals surface area (Å²) in [7, 11) is -1.20. The Morgan fingerprint density at radius 1 is 1.50 bits per heavy atom. The molecule has 2 rings (SSSR count). The highest BCUT2D eigenvalue weighted by molar-refractivity contribution is 8.03. The van der Waals surface area contributed by atoms with E-state index in [0.29, 0.717) is 23.6 Å². The van der Waals surface area contributed by atoms with E-state index in [1.807, 2.05) is 19.0 Å². The zero-order valence-electron chi connectivity index (χ0n) is 13.5. The highest BCUT2D eigenvalue weighted by Crippen LogP contribution is 2.47. The van der Waals surface area contributed by atoms with E-state index < -0.39 is 40.3 Å². The molecule has 0 aromatic carbocycles. The number of carbonyl (C=O) groups is 2. The van der Waals surface area contributed by atoms with Gasteiger partial charge in [-0.25, -0.2) is 4.79 Å². The monoisotopic (exact) mass is 380 g/mol. The van der Waals surface area contributed by atoms with Gasteiger partial charge in [-0.05, 0) is 21.0 Å². The second-order valence-corrected chi connectivity index (χ2v) is 8.18. The first-order valence-electron chi connectivity index (χ1n) is 7.26. The number of β-lactam (4-membered cyclic amide) rings is 1. The van der Waals surface area contributed by atoms with E-state index in [4.69, 9.17) is 4.55 Å². The van der Waals surface area contributed by atoms with Crippen molar-refractivity contribution in [1.82, 2.24) is 9.80 Å². The van der Waals surface area contributed by atoms with E-state index in [1.54, 1.807) is 0 Å². The highest BCUT2D eigenvalue weighted by atomic mass is 32.3. The molecule has 0 spiro atoms. The first kappa shape index (κ1) is 19.2. The molecule has 1 amide bonds. The van der Waals surface area contributed by atoms with Gasteiger partial charge in [0.05, 0.1) is 18.1 Å². The number of nitrogens with zero attached hydrogens (tertiary/aromatic N) is 2. The summed E-state index contributed by atoms with van der Waals surface area (Å²) in [5.74, 6) is -1.75. The molecular formula is C13H20N2O7S2. The predicted octanol–water partition coefficient (Wildman–Crippen LogP) is -0.550. The molecule has 0 radical (unpaired) electrons. The van der Waals surface area contributed by atoms with Gasteiger partial charge in [0.1, 0.15) is 5.70 Å². The maximum Gasteiger partial charge on any atom is 0.449 e. The zero-order chi connectivity index (χ0) is 18.2. The third-order valence-electron chi connectivity index (χ3n) is 3.88. The second kappa shape index (κ2) is 7.00. The maximum atomic E-state index is 12.2. The van der Waals surface area contributed by atoms with Gasteiger partial charge in [-0.1, -0.05) is 0 Å². The van der Waals surface area contributed by atoms with Crippen molar-refractivity contribution < 1.29 is 31.8 Å². The fraction of sp³-hybridized carbons (Fsp3) is 0.692. The van der Waals surface area contributed by atoms with Gasteiger partial charge in [0.15, 0.2) is 0 Å². The van der Waals surface area contributed by atoms with Crippen molar-refractivity contribution in [2.45, 2.75) is 25.5 Å². The van der Waals surface area contributed by atoms with Crippen molar-refractivity contribution in [3.63, 3.8) is 0 Å². The number of hydrogen-bond donors (Lipinski definition) is 2. The van der Waals surface area contributed by atoms with Crippen molar-refractivity contribution in [3.05, 3.63) is 10.6 Å². The maximum absolute atomic E-state index is 12.2. The van der Waals surface area contributed by atoms with Crippen molar-refractivity contribution in [2.75, 3.05) is 26.4 Å². The number of amides is 1. The van der Waals surface area contributed by atoms with Crippen LogP contribution in [0.25, 0.3) is 0 Å². The SMILES string of the molecule is C[C@@H](O)[C@H]1C(=O)N2C(C(=O)OS(=O)(=O)O)=C(SCCN(C)C)C[C@H]12. The van der Waals surface area contributed by atoms with E-state index in [1.165, 1.54) is 18.7 Å². The van der Waals surface area contributed by atoms with Crippen LogP contribution in [0.3, 0.4) is 0 Å². The minimum absolute atomic E-state index is 0.164. The summed E-state index contributed by atoms with van der Waals surface area (Å²) in [6, 6.07) is -0.400. The summed E-state index contributed by atoms with van der Waals surface area (Å²) in [5.41, 5.74) is -0.164. The van der Waals surface area contributed by atoms with Crippen LogP contribution in [0.4, 0.5) is 0 Å². The van der Waals surface area contributed by atoms with Gasteiger partial charge in [-0.15, -0.1) is 11.8 Å². The van der Waals surface area contributed by atoms with Crippen LogP contribution >= 0.6 is 11.8 Å². The van der Waals surface area contributed by atoms with Crippen LogP contribution in [-0.2, 0) is 24.2 Å². The molecule has 2 N–H and O–H groups in total. The lowest BCUT2D eigenvalue weighted by Gasteiger charge is -2.44. The molecule has 24 heavy (non-hydrogen) atoms. The largest absolute Gasteiger partial charge is 0.449 e. The summed E-state index contributed by atoms with van der Waals surface area (Å²) in [6.07, 6.45) is -0.529. The Hall–Kier alpha value is -1.14. The number of hydrogen-bond acceptors (Lipinski definition) is 8. The van der Waals surface area contributed by atoms with Crippen molar-refractivity contribution in [3.8, 4) is 0 Å².